The van der Waals surface area contributed by atoms with Crippen molar-refractivity contribution >= 4 is 57.8 Å². The fourth-order valence-electron chi connectivity index (χ4n) is 8.83. The zero-order valence-corrected chi connectivity index (χ0v) is 27.3. The van der Waals surface area contributed by atoms with Gasteiger partial charge in [-0.15, -0.1) is 0 Å². The summed E-state index contributed by atoms with van der Waals surface area (Å²) in [6.45, 7) is 0. The number of methoxy groups -OCH3 is 1. The van der Waals surface area contributed by atoms with Crippen molar-refractivity contribution in [2.45, 2.75) is 24.2 Å². The number of halogens is 2. The molecular weight excluding hydrogens is 665 g/mol. The number of carbonyl (C=O) groups is 5. The molecule has 252 valence electrons. The number of hydrogen-bond acceptors (Lipinski definition) is 8. The third kappa shape index (κ3) is 4.35. The van der Waals surface area contributed by atoms with Crippen LogP contribution in [0.5, 0.6) is 5.75 Å². The van der Waals surface area contributed by atoms with E-state index in [-0.39, 0.29) is 18.6 Å². The van der Waals surface area contributed by atoms with E-state index in [4.69, 9.17) is 16.3 Å². The molecule has 0 radical (unpaired) electrons. The Hall–Kier alpha value is -5.55. The highest BCUT2D eigenvalue weighted by molar-refractivity contribution is 6.30. The molecule has 0 spiro atoms. The van der Waals surface area contributed by atoms with Crippen molar-refractivity contribution in [2.24, 2.45) is 23.7 Å². The number of imide groups is 4. The summed E-state index contributed by atoms with van der Waals surface area (Å²) in [6, 6.07) is 22.4. The van der Waals surface area contributed by atoms with Crippen LogP contribution in [0.25, 0.3) is 10.8 Å². The van der Waals surface area contributed by atoms with Gasteiger partial charge in [0.1, 0.15) is 11.6 Å². The molecule has 50 heavy (non-hydrogen) atoms. The molecule has 0 aromatic heterocycles. The fraction of sp³-hybridized carbons (Fsp3) is 0.237. The molecule has 6 atom stereocenters. The van der Waals surface area contributed by atoms with E-state index in [9.17, 15) is 28.7 Å². The number of fused-ring (bicyclic) bond motifs is 5. The molecule has 4 aromatic carbocycles. The van der Waals surface area contributed by atoms with Crippen molar-refractivity contribution in [3.8, 4) is 5.75 Å². The van der Waals surface area contributed by atoms with Gasteiger partial charge in [-0.05, 0) is 77.7 Å². The van der Waals surface area contributed by atoms with Gasteiger partial charge < -0.3 is 9.84 Å². The van der Waals surface area contributed by atoms with E-state index in [0.29, 0.717) is 43.1 Å². The van der Waals surface area contributed by atoms with Crippen LogP contribution >= 0.6 is 11.6 Å². The van der Waals surface area contributed by atoms with Gasteiger partial charge in [-0.1, -0.05) is 65.7 Å². The molecule has 1 saturated carbocycles. The number of hydrogen-bond donors (Lipinski definition) is 2. The number of rotatable bonds is 4. The normalized spacial score (nSPS) is 27.2. The smallest absolute Gasteiger partial charge is 0.423 e. The molecule has 2 heterocycles. The molecule has 0 bridgehead atoms. The quantitative estimate of drug-likeness (QED) is 0.194. The Morgan fingerprint density at radius 3 is 2.30 bits per heavy atom. The summed E-state index contributed by atoms with van der Waals surface area (Å²) in [5, 5.41) is 13.4. The third-order valence-electron chi connectivity index (χ3n) is 10.9. The lowest BCUT2D eigenvalue weighted by molar-refractivity contribution is -0.140. The highest BCUT2D eigenvalue weighted by Crippen LogP contribution is 2.64. The second-order valence-electron chi connectivity index (χ2n) is 13.1. The molecule has 2 saturated heterocycles. The Labute approximate surface area is 290 Å². The summed E-state index contributed by atoms with van der Waals surface area (Å²) >= 11 is 6.35. The van der Waals surface area contributed by atoms with Gasteiger partial charge in [0.25, 0.3) is 11.8 Å². The largest absolute Gasteiger partial charge is 0.507 e. The number of likely N-dealkylation sites (tertiary alicyclic amines) is 1. The lowest BCUT2D eigenvalue weighted by atomic mass is 9.49. The summed E-state index contributed by atoms with van der Waals surface area (Å²) in [5.41, 5.74) is 3.41. The van der Waals surface area contributed by atoms with E-state index in [1.807, 2.05) is 12.1 Å². The molecular formula is C38H29ClFN3O7. The number of carbonyl (C=O) groups excluding carboxylic acids is 5. The molecule has 5 amide bonds. The van der Waals surface area contributed by atoms with Crippen LogP contribution in [-0.4, -0.2) is 51.8 Å². The van der Waals surface area contributed by atoms with Crippen molar-refractivity contribution < 1.29 is 38.2 Å². The fourth-order valence-corrected chi connectivity index (χ4v) is 8.96. The second-order valence-corrected chi connectivity index (χ2v) is 13.5. The van der Waals surface area contributed by atoms with Crippen LogP contribution in [0.1, 0.15) is 29.9 Å². The molecule has 4 aromatic rings. The topological polar surface area (TPSA) is 133 Å². The molecule has 2 aliphatic heterocycles. The maximum atomic E-state index is 15.3. The van der Waals surface area contributed by atoms with E-state index in [1.165, 1.54) is 30.3 Å². The number of phenolic OH excluding ortho intramolecular Hbond substituents is 1. The van der Waals surface area contributed by atoms with Gasteiger partial charge in [0.05, 0.1) is 36.0 Å². The highest BCUT2D eigenvalue weighted by Gasteiger charge is 2.70. The Morgan fingerprint density at radius 1 is 0.900 bits per heavy atom. The monoisotopic (exact) mass is 693 g/mol. The van der Waals surface area contributed by atoms with Crippen molar-refractivity contribution in [2.75, 3.05) is 12.5 Å². The average Bonchev–Trinajstić information content (AvgIpc) is 3.50. The number of ether oxygens (including phenoxy) is 1. The standard InChI is InChI=1S/C38H29ClFN3O7/c1-50-37(49)42-33(45)27-15-14-26-28(31(27)35(42)47)18-29-34(46)43(41-22-12-10-21(40)11-13-22)36(48)38(29,19-6-8-20(39)9-7-19)32(26)25-16-17-30(44)24-5-3-2-4-23(24)25/h2-14,16-17,27-29,31-32,41,44H,15,18H2,1H3. The van der Waals surface area contributed by atoms with Crippen molar-refractivity contribution in [3.05, 3.63) is 119 Å². The first-order valence-corrected chi connectivity index (χ1v) is 16.5. The summed E-state index contributed by atoms with van der Waals surface area (Å²) < 4.78 is 18.6. The first kappa shape index (κ1) is 31.7. The number of anilines is 1. The minimum atomic E-state index is -1.60. The van der Waals surface area contributed by atoms with Gasteiger partial charge in [0.15, 0.2) is 0 Å². The van der Waals surface area contributed by atoms with Crippen LogP contribution in [-0.2, 0) is 29.3 Å². The summed E-state index contributed by atoms with van der Waals surface area (Å²) in [4.78, 5) is 70.7. The summed E-state index contributed by atoms with van der Waals surface area (Å²) in [6.07, 6.45) is 0.904. The van der Waals surface area contributed by atoms with Crippen LogP contribution < -0.4 is 5.43 Å². The number of allylic oxidation sites excluding steroid dienone is 2. The lowest BCUT2D eigenvalue weighted by Gasteiger charge is -2.51. The number of phenols is 1. The third-order valence-corrected chi connectivity index (χ3v) is 11.1. The van der Waals surface area contributed by atoms with E-state index < -0.39 is 70.5 Å². The van der Waals surface area contributed by atoms with Crippen molar-refractivity contribution in [1.82, 2.24) is 9.91 Å². The molecule has 12 heteroatoms. The van der Waals surface area contributed by atoms with Crippen LogP contribution in [0.15, 0.2) is 96.6 Å². The minimum Gasteiger partial charge on any atom is -0.507 e. The number of nitrogens with zero attached hydrogens (tertiary/aromatic N) is 2. The SMILES string of the molecule is COC(=O)N1C(=O)C2CC=C3C(CC4C(=O)N(Nc5ccc(F)cc5)C(=O)C4(c4ccc(Cl)cc4)C3c3ccc(O)c4ccccc34)C2C1=O. The molecule has 2 aliphatic carbocycles. The van der Waals surface area contributed by atoms with Gasteiger partial charge >= 0.3 is 6.09 Å². The van der Waals surface area contributed by atoms with Crippen molar-refractivity contribution in [1.29, 1.82) is 0 Å². The maximum Gasteiger partial charge on any atom is 0.423 e. The molecule has 10 nitrogen and oxygen atoms in total. The van der Waals surface area contributed by atoms with Gasteiger partial charge in [-0.2, -0.15) is 9.91 Å². The highest BCUT2D eigenvalue weighted by atomic mass is 35.5. The zero-order chi connectivity index (χ0) is 35.1. The summed E-state index contributed by atoms with van der Waals surface area (Å²) in [7, 11) is 1.09. The first-order valence-electron chi connectivity index (χ1n) is 16.1. The van der Waals surface area contributed by atoms with Gasteiger partial charge in [-0.3, -0.25) is 24.6 Å². The molecule has 2 N–H and O–H groups in total. The predicted molar refractivity (Wildman–Crippen MR) is 179 cm³/mol. The van der Waals surface area contributed by atoms with E-state index >= 15 is 4.79 Å². The van der Waals surface area contributed by atoms with Crippen LogP contribution in [0, 0.1) is 29.5 Å². The average molecular weight is 694 g/mol. The lowest BCUT2D eigenvalue weighted by Crippen LogP contribution is -2.53. The molecule has 6 unspecified atom stereocenters. The van der Waals surface area contributed by atoms with E-state index in [2.05, 4.69) is 5.43 Å². The number of nitrogens with one attached hydrogen (secondary N) is 1. The first-order chi connectivity index (χ1) is 24.1. The number of amides is 5. The van der Waals surface area contributed by atoms with Gasteiger partial charge in [-0.25, -0.2) is 9.18 Å². The zero-order valence-electron chi connectivity index (χ0n) is 26.5. The molecule has 3 fully saturated rings. The van der Waals surface area contributed by atoms with Crippen molar-refractivity contribution in [3.63, 3.8) is 0 Å². The van der Waals surface area contributed by atoms with E-state index in [0.717, 1.165) is 12.1 Å². The second kappa shape index (κ2) is 11.5. The van der Waals surface area contributed by atoms with Crippen LogP contribution in [0.3, 0.4) is 0 Å². The van der Waals surface area contributed by atoms with Crippen LogP contribution in [0.2, 0.25) is 5.02 Å². The Kier molecular flexibility index (Phi) is 7.30. The molecule has 4 aliphatic rings. The Balaban J connectivity index is 1.40. The Morgan fingerprint density at radius 2 is 1.60 bits per heavy atom. The summed E-state index contributed by atoms with van der Waals surface area (Å²) in [5.74, 6) is -7.54. The van der Waals surface area contributed by atoms with Gasteiger partial charge in [0, 0.05) is 16.3 Å². The number of benzene rings is 4. The number of aromatic hydroxyl groups is 1. The number of hydrazine groups is 1. The van der Waals surface area contributed by atoms with Crippen LogP contribution in [0.4, 0.5) is 14.9 Å². The predicted octanol–water partition coefficient (Wildman–Crippen LogP) is 6.09. The minimum absolute atomic E-state index is 0.00233. The molecule has 8 rings (SSSR count). The van der Waals surface area contributed by atoms with E-state index in [1.54, 1.807) is 48.5 Å². The Bertz CT molecular complexity index is 2170. The van der Waals surface area contributed by atoms with Gasteiger partial charge in [0.2, 0.25) is 11.8 Å². The maximum absolute atomic E-state index is 15.3.